The zero-order valence-corrected chi connectivity index (χ0v) is 16.5. The molecule has 1 aliphatic carbocycles. The van der Waals surface area contributed by atoms with Crippen molar-refractivity contribution in [2.75, 3.05) is 14.2 Å². The van der Waals surface area contributed by atoms with Crippen molar-refractivity contribution < 1.29 is 23.8 Å². The number of ether oxygens (including phenoxy) is 3. The third-order valence-electron chi connectivity index (χ3n) is 4.73. The van der Waals surface area contributed by atoms with Gasteiger partial charge in [0.15, 0.2) is 6.10 Å². The van der Waals surface area contributed by atoms with E-state index in [1.165, 1.54) is 27.2 Å². The predicted molar refractivity (Wildman–Crippen MR) is 104 cm³/mol. The maximum Gasteiger partial charge on any atom is 0.331 e. The summed E-state index contributed by atoms with van der Waals surface area (Å²) in [4.78, 5) is 24.4. The largest absolute Gasteiger partial charge is 0.497 e. The summed E-state index contributed by atoms with van der Waals surface area (Å²) in [6, 6.07) is 7.41. The minimum absolute atomic E-state index is 0.465. The van der Waals surface area contributed by atoms with Crippen molar-refractivity contribution >= 4 is 18.0 Å². The highest BCUT2D eigenvalue weighted by Crippen LogP contribution is 2.27. The molecular formula is C21H26N2O5. The molecule has 1 N–H and O–H groups in total. The van der Waals surface area contributed by atoms with E-state index in [1.54, 1.807) is 24.3 Å². The topological polar surface area (TPSA) is 97.6 Å². The summed E-state index contributed by atoms with van der Waals surface area (Å²) in [5.41, 5.74) is -0.168. The van der Waals surface area contributed by atoms with Crippen LogP contribution in [0.5, 0.6) is 11.5 Å². The van der Waals surface area contributed by atoms with Crippen molar-refractivity contribution in [1.82, 2.24) is 5.32 Å². The van der Waals surface area contributed by atoms with Crippen LogP contribution in [-0.2, 0) is 14.3 Å². The first-order valence-corrected chi connectivity index (χ1v) is 9.26. The Bertz CT molecular complexity index is 753. The van der Waals surface area contributed by atoms with Gasteiger partial charge in [0.25, 0.3) is 5.91 Å². The van der Waals surface area contributed by atoms with Crippen LogP contribution in [0, 0.1) is 11.3 Å². The molecule has 28 heavy (non-hydrogen) atoms. The van der Waals surface area contributed by atoms with Gasteiger partial charge in [0.05, 0.1) is 20.3 Å². The molecule has 0 aromatic heterocycles. The molecule has 1 fully saturated rings. The summed E-state index contributed by atoms with van der Waals surface area (Å²) in [5.74, 6) is 0.0659. The van der Waals surface area contributed by atoms with Crippen LogP contribution in [0.25, 0.3) is 6.08 Å². The molecule has 1 atom stereocenters. The number of hydrogen-bond donors (Lipinski definition) is 1. The second-order valence-corrected chi connectivity index (χ2v) is 6.80. The Balaban J connectivity index is 1.95. The van der Waals surface area contributed by atoms with Crippen LogP contribution in [0.2, 0.25) is 0 Å². The number of nitrogens with zero attached hydrogens (tertiary/aromatic N) is 1. The second kappa shape index (κ2) is 9.79. The number of nitrogens with one attached hydrogen (secondary N) is 1. The molecule has 0 bridgehead atoms. The number of rotatable bonds is 7. The maximum absolute atomic E-state index is 12.4. The van der Waals surface area contributed by atoms with Gasteiger partial charge in [-0.3, -0.25) is 4.79 Å². The van der Waals surface area contributed by atoms with E-state index in [0.29, 0.717) is 29.9 Å². The number of amides is 1. The molecule has 1 amide bonds. The van der Waals surface area contributed by atoms with E-state index < -0.39 is 23.5 Å². The van der Waals surface area contributed by atoms with Gasteiger partial charge < -0.3 is 19.5 Å². The Labute approximate surface area is 165 Å². The minimum atomic E-state index is -0.996. The van der Waals surface area contributed by atoms with Crippen LogP contribution in [0.15, 0.2) is 24.3 Å². The lowest BCUT2D eigenvalue weighted by Gasteiger charge is -2.32. The zero-order chi connectivity index (χ0) is 20.6. The summed E-state index contributed by atoms with van der Waals surface area (Å²) in [6.07, 6.45) is 5.88. The number of esters is 1. The minimum Gasteiger partial charge on any atom is -0.497 e. The van der Waals surface area contributed by atoms with Crippen molar-refractivity contribution in [2.45, 2.75) is 50.7 Å². The second-order valence-electron chi connectivity index (χ2n) is 6.80. The fraction of sp³-hybridized carbons (Fsp3) is 0.476. The number of carbonyl (C=O) groups excluding carboxylic acids is 2. The van der Waals surface area contributed by atoms with E-state index in [9.17, 15) is 14.9 Å². The van der Waals surface area contributed by atoms with Gasteiger partial charge in [-0.1, -0.05) is 19.3 Å². The fourth-order valence-electron chi connectivity index (χ4n) is 3.11. The molecular weight excluding hydrogens is 360 g/mol. The first-order valence-electron chi connectivity index (χ1n) is 9.26. The quantitative estimate of drug-likeness (QED) is 0.571. The van der Waals surface area contributed by atoms with Crippen LogP contribution in [0.3, 0.4) is 0 Å². The molecule has 1 saturated carbocycles. The molecule has 1 aromatic rings. The van der Waals surface area contributed by atoms with Gasteiger partial charge in [-0.25, -0.2) is 4.79 Å². The van der Waals surface area contributed by atoms with Gasteiger partial charge in [-0.15, -0.1) is 0 Å². The van der Waals surface area contributed by atoms with E-state index in [0.717, 1.165) is 19.3 Å². The Morgan fingerprint density at radius 3 is 2.29 bits per heavy atom. The lowest BCUT2D eigenvalue weighted by atomic mass is 9.83. The van der Waals surface area contributed by atoms with E-state index >= 15 is 0 Å². The number of carbonyl (C=O) groups is 2. The summed E-state index contributed by atoms with van der Waals surface area (Å²) in [5, 5.41) is 12.2. The van der Waals surface area contributed by atoms with Crippen LogP contribution in [0.1, 0.15) is 44.6 Å². The van der Waals surface area contributed by atoms with Gasteiger partial charge in [0.1, 0.15) is 17.0 Å². The smallest absolute Gasteiger partial charge is 0.331 e. The van der Waals surface area contributed by atoms with Crippen molar-refractivity contribution in [3.05, 3.63) is 29.8 Å². The number of methoxy groups -OCH3 is 2. The molecule has 7 heteroatoms. The Morgan fingerprint density at radius 2 is 1.75 bits per heavy atom. The molecule has 2 rings (SSSR count). The number of hydrogen-bond acceptors (Lipinski definition) is 6. The highest BCUT2D eigenvalue weighted by atomic mass is 16.5. The van der Waals surface area contributed by atoms with E-state index in [2.05, 4.69) is 11.4 Å². The first kappa shape index (κ1) is 21.3. The normalized spacial score (nSPS) is 16.6. The average molecular weight is 386 g/mol. The van der Waals surface area contributed by atoms with Gasteiger partial charge in [0, 0.05) is 12.1 Å². The van der Waals surface area contributed by atoms with Gasteiger partial charge in [0.2, 0.25) is 0 Å². The molecule has 0 aliphatic heterocycles. The Hall–Kier alpha value is -3.01. The Kier molecular flexibility index (Phi) is 7.44. The van der Waals surface area contributed by atoms with Crippen LogP contribution < -0.4 is 14.8 Å². The molecule has 0 unspecified atom stereocenters. The summed E-state index contributed by atoms with van der Waals surface area (Å²) >= 11 is 0. The molecule has 1 aromatic carbocycles. The van der Waals surface area contributed by atoms with E-state index in [1.807, 2.05) is 0 Å². The molecule has 0 heterocycles. The van der Waals surface area contributed by atoms with Crippen LogP contribution >= 0.6 is 0 Å². The van der Waals surface area contributed by atoms with E-state index in [4.69, 9.17) is 14.2 Å². The molecule has 0 spiro atoms. The predicted octanol–water partition coefficient (Wildman–Crippen LogP) is 2.99. The summed E-state index contributed by atoms with van der Waals surface area (Å²) in [6.45, 7) is 1.49. The van der Waals surface area contributed by atoms with Crippen molar-refractivity contribution in [3.63, 3.8) is 0 Å². The summed E-state index contributed by atoms with van der Waals surface area (Å²) < 4.78 is 15.5. The number of benzene rings is 1. The molecule has 0 radical (unpaired) electrons. The van der Waals surface area contributed by atoms with Crippen molar-refractivity contribution in [2.24, 2.45) is 0 Å². The maximum atomic E-state index is 12.4. The van der Waals surface area contributed by atoms with Crippen molar-refractivity contribution in [3.8, 4) is 17.6 Å². The van der Waals surface area contributed by atoms with Crippen LogP contribution in [0.4, 0.5) is 0 Å². The molecule has 0 saturated heterocycles. The average Bonchev–Trinajstić information content (AvgIpc) is 2.72. The number of nitriles is 1. The van der Waals surface area contributed by atoms with E-state index in [-0.39, 0.29) is 0 Å². The lowest BCUT2D eigenvalue weighted by Crippen LogP contribution is -2.52. The standard InChI is InChI=1S/C21H26N2O5/c1-15(20(25)23-21(14-22)9-5-4-6-10-21)28-19(24)8-7-16-11-17(26-2)13-18(12-16)27-3/h7-8,11-13,15H,4-6,9-10H2,1-3H3,(H,23,25)/b8-7+/t15-/m0/s1. The summed E-state index contributed by atoms with van der Waals surface area (Å²) in [7, 11) is 3.08. The lowest BCUT2D eigenvalue weighted by molar-refractivity contribution is -0.150. The van der Waals surface area contributed by atoms with Gasteiger partial charge in [-0.05, 0) is 43.5 Å². The third kappa shape index (κ3) is 5.74. The monoisotopic (exact) mass is 386 g/mol. The molecule has 150 valence electrons. The van der Waals surface area contributed by atoms with Gasteiger partial charge >= 0.3 is 5.97 Å². The van der Waals surface area contributed by atoms with Crippen LogP contribution in [-0.4, -0.2) is 37.7 Å². The SMILES string of the molecule is COc1cc(/C=C/C(=O)O[C@@H](C)C(=O)NC2(C#N)CCCCC2)cc(OC)c1. The third-order valence-corrected chi connectivity index (χ3v) is 4.73. The van der Waals surface area contributed by atoms with Gasteiger partial charge in [-0.2, -0.15) is 5.26 Å². The Morgan fingerprint density at radius 1 is 1.14 bits per heavy atom. The highest BCUT2D eigenvalue weighted by molar-refractivity contribution is 5.90. The first-order chi connectivity index (χ1) is 13.4. The fourth-order valence-corrected chi connectivity index (χ4v) is 3.11. The van der Waals surface area contributed by atoms with Crippen molar-refractivity contribution in [1.29, 1.82) is 5.26 Å². The highest BCUT2D eigenvalue weighted by Gasteiger charge is 2.35. The molecule has 1 aliphatic rings. The zero-order valence-electron chi connectivity index (χ0n) is 16.5. The molecule has 7 nitrogen and oxygen atoms in total.